The van der Waals surface area contributed by atoms with Crippen LogP contribution in [0.1, 0.15) is 31.1 Å². The van der Waals surface area contributed by atoms with Gasteiger partial charge in [-0.15, -0.1) is 0 Å². The number of esters is 1. The van der Waals surface area contributed by atoms with E-state index in [1.165, 1.54) is 32.4 Å². The maximum atomic E-state index is 12.2. The molecule has 0 unspecified atom stereocenters. The highest BCUT2D eigenvalue weighted by atomic mass is 32.1. The number of amides is 2. The van der Waals surface area contributed by atoms with Gasteiger partial charge in [-0.1, -0.05) is 18.2 Å². The summed E-state index contributed by atoms with van der Waals surface area (Å²) in [6.07, 6.45) is 0. The van der Waals surface area contributed by atoms with Gasteiger partial charge in [-0.3, -0.25) is 25.8 Å². The molecule has 3 N–H and O–H groups in total. The smallest absolute Gasteiger partial charge is 0.337 e. The van der Waals surface area contributed by atoms with E-state index in [4.69, 9.17) is 17.0 Å². The predicted octanol–water partition coefficient (Wildman–Crippen LogP) is 1.43. The van der Waals surface area contributed by atoms with Gasteiger partial charge in [-0.2, -0.15) is 0 Å². The van der Waals surface area contributed by atoms with Crippen molar-refractivity contribution < 1.29 is 23.9 Å². The molecular weight excluding hydrogens is 370 g/mol. The van der Waals surface area contributed by atoms with E-state index in [2.05, 4.69) is 20.9 Å². The van der Waals surface area contributed by atoms with Gasteiger partial charge in [0.15, 0.2) is 5.11 Å². The number of ether oxygens (including phenoxy) is 2. The van der Waals surface area contributed by atoms with Crippen LogP contribution >= 0.6 is 12.2 Å². The van der Waals surface area contributed by atoms with Crippen LogP contribution < -0.4 is 20.9 Å². The lowest BCUT2D eigenvalue weighted by Crippen LogP contribution is -2.48. The first-order chi connectivity index (χ1) is 13.0. The van der Waals surface area contributed by atoms with Gasteiger partial charge in [0, 0.05) is 5.56 Å². The molecule has 0 radical (unpaired) electrons. The Hall–Kier alpha value is -3.46. The lowest BCUT2D eigenvalue weighted by atomic mass is 10.1. The maximum absolute atomic E-state index is 12.2. The van der Waals surface area contributed by atoms with Crippen molar-refractivity contribution in [2.75, 3.05) is 14.2 Å². The van der Waals surface area contributed by atoms with Crippen LogP contribution in [0.5, 0.6) is 5.75 Å². The Labute approximate surface area is 160 Å². The molecule has 0 bridgehead atoms. The lowest BCUT2D eigenvalue weighted by Gasteiger charge is -2.12. The number of thiocarbonyl (C=S) groups is 1. The first-order valence-corrected chi connectivity index (χ1v) is 8.10. The van der Waals surface area contributed by atoms with Crippen LogP contribution in [0.2, 0.25) is 0 Å². The Morgan fingerprint density at radius 1 is 0.889 bits per heavy atom. The van der Waals surface area contributed by atoms with Crippen LogP contribution in [0.25, 0.3) is 0 Å². The Kier molecular flexibility index (Phi) is 6.84. The molecule has 0 spiro atoms. The number of hydrogen-bond donors (Lipinski definition) is 3. The quantitative estimate of drug-likeness (QED) is 0.414. The van der Waals surface area contributed by atoms with Gasteiger partial charge in [0.2, 0.25) is 0 Å². The van der Waals surface area contributed by atoms with E-state index in [0.29, 0.717) is 11.3 Å². The summed E-state index contributed by atoms with van der Waals surface area (Å²) in [6.45, 7) is 0. The fraction of sp³-hybridized carbons (Fsp3) is 0.111. The second kappa shape index (κ2) is 9.30. The number of methoxy groups -OCH3 is 2. The average molecular weight is 387 g/mol. The molecule has 0 saturated heterocycles. The number of rotatable bonds is 4. The summed E-state index contributed by atoms with van der Waals surface area (Å²) in [5.41, 5.74) is 5.54. The highest BCUT2D eigenvalue weighted by Gasteiger charge is 2.14. The molecule has 2 amide bonds. The summed E-state index contributed by atoms with van der Waals surface area (Å²) in [4.78, 5) is 35.9. The van der Waals surface area contributed by atoms with Crippen molar-refractivity contribution >= 4 is 35.1 Å². The summed E-state index contributed by atoms with van der Waals surface area (Å²) in [5, 5.41) is 2.28. The fourth-order valence-corrected chi connectivity index (χ4v) is 2.27. The van der Waals surface area contributed by atoms with Crippen LogP contribution in [0.3, 0.4) is 0 Å². The minimum absolute atomic E-state index is 0.119. The molecule has 140 valence electrons. The zero-order chi connectivity index (χ0) is 19.8. The first kappa shape index (κ1) is 19.9. The van der Waals surface area contributed by atoms with Crippen LogP contribution in [-0.4, -0.2) is 37.1 Å². The van der Waals surface area contributed by atoms with Gasteiger partial charge in [-0.05, 0) is 42.5 Å². The monoisotopic (exact) mass is 387 g/mol. The van der Waals surface area contributed by atoms with Crippen molar-refractivity contribution in [3.63, 3.8) is 0 Å². The standard InChI is InChI=1S/C18H17N3O5S/c1-25-14-9-4-3-8-13(14)16(23)20-21-18(27)19-15(22)11-6-5-7-12(10-11)17(24)26-2/h3-10H,1-2H3,(H,20,23)(H2,19,21,22,27). The van der Waals surface area contributed by atoms with E-state index in [1.54, 1.807) is 30.3 Å². The van der Waals surface area contributed by atoms with E-state index < -0.39 is 17.8 Å². The molecule has 2 rings (SSSR count). The number of carbonyl (C=O) groups excluding carboxylic acids is 3. The molecule has 0 fully saturated rings. The van der Waals surface area contributed by atoms with Gasteiger partial charge < -0.3 is 9.47 Å². The van der Waals surface area contributed by atoms with Gasteiger partial charge in [0.1, 0.15) is 5.75 Å². The summed E-state index contributed by atoms with van der Waals surface area (Å²) < 4.78 is 9.72. The first-order valence-electron chi connectivity index (χ1n) is 7.69. The topological polar surface area (TPSA) is 106 Å². The largest absolute Gasteiger partial charge is 0.496 e. The molecule has 0 aliphatic heterocycles. The second-order valence-electron chi connectivity index (χ2n) is 5.14. The predicted molar refractivity (Wildman–Crippen MR) is 101 cm³/mol. The zero-order valence-corrected chi connectivity index (χ0v) is 15.4. The highest BCUT2D eigenvalue weighted by Crippen LogP contribution is 2.16. The van der Waals surface area contributed by atoms with E-state index >= 15 is 0 Å². The zero-order valence-electron chi connectivity index (χ0n) is 14.6. The molecule has 27 heavy (non-hydrogen) atoms. The Bertz CT molecular complexity index is 885. The summed E-state index contributed by atoms with van der Waals surface area (Å²) in [7, 11) is 2.70. The van der Waals surface area contributed by atoms with Gasteiger partial charge in [0.25, 0.3) is 11.8 Å². The highest BCUT2D eigenvalue weighted by molar-refractivity contribution is 7.80. The summed E-state index contributed by atoms with van der Waals surface area (Å²) in [6, 6.07) is 12.6. The van der Waals surface area contributed by atoms with Crippen LogP contribution in [0.4, 0.5) is 0 Å². The molecule has 0 aliphatic rings. The van der Waals surface area contributed by atoms with E-state index in [9.17, 15) is 14.4 Å². The van der Waals surface area contributed by atoms with Crippen LogP contribution in [-0.2, 0) is 4.74 Å². The number of para-hydroxylation sites is 1. The molecule has 0 aromatic heterocycles. The third kappa shape index (κ3) is 5.25. The average Bonchev–Trinajstić information content (AvgIpc) is 2.71. The van der Waals surface area contributed by atoms with Crippen molar-refractivity contribution in [3.05, 3.63) is 65.2 Å². The fourth-order valence-electron chi connectivity index (χ4n) is 2.12. The molecule has 0 heterocycles. The molecule has 2 aromatic carbocycles. The third-order valence-electron chi connectivity index (χ3n) is 3.41. The number of nitrogens with one attached hydrogen (secondary N) is 3. The normalized spacial score (nSPS) is 9.70. The SMILES string of the molecule is COC(=O)c1cccc(C(=O)NC(=S)NNC(=O)c2ccccc2OC)c1. The summed E-state index contributed by atoms with van der Waals surface area (Å²) >= 11 is 4.99. The minimum Gasteiger partial charge on any atom is -0.496 e. The number of hydrazine groups is 1. The van der Waals surface area contributed by atoms with E-state index in [0.717, 1.165) is 0 Å². The minimum atomic E-state index is -0.561. The molecule has 0 atom stereocenters. The van der Waals surface area contributed by atoms with Crippen molar-refractivity contribution in [2.24, 2.45) is 0 Å². The number of benzene rings is 2. The number of hydrogen-bond acceptors (Lipinski definition) is 6. The molecular formula is C18H17N3O5S. The van der Waals surface area contributed by atoms with Crippen molar-refractivity contribution in [3.8, 4) is 5.75 Å². The molecule has 2 aromatic rings. The Morgan fingerprint density at radius 3 is 2.30 bits per heavy atom. The Balaban J connectivity index is 1.95. The van der Waals surface area contributed by atoms with Crippen molar-refractivity contribution in [2.45, 2.75) is 0 Å². The van der Waals surface area contributed by atoms with Crippen molar-refractivity contribution in [1.29, 1.82) is 0 Å². The van der Waals surface area contributed by atoms with Gasteiger partial charge in [-0.25, -0.2) is 4.79 Å². The van der Waals surface area contributed by atoms with Crippen molar-refractivity contribution in [1.82, 2.24) is 16.2 Å². The Morgan fingerprint density at radius 2 is 1.59 bits per heavy atom. The number of carbonyl (C=O) groups is 3. The van der Waals surface area contributed by atoms with E-state index in [-0.39, 0.29) is 16.2 Å². The van der Waals surface area contributed by atoms with Crippen LogP contribution in [0, 0.1) is 0 Å². The molecule has 8 nitrogen and oxygen atoms in total. The molecule has 0 saturated carbocycles. The van der Waals surface area contributed by atoms with E-state index in [1.807, 2.05) is 0 Å². The lowest BCUT2D eigenvalue weighted by molar-refractivity contribution is 0.0600. The molecule has 9 heteroatoms. The van der Waals surface area contributed by atoms with Crippen LogP contribution in [0.15, 0.2) is 48.5 Å². The third-order valence-corrected chi connectivity index (χ3v) is 3.62. The van der Waals surface area contributed by atoms with Gasteiger partial charge in [0.05, 0.1) is 25.3 Å². The molecule has 0 aliphatic carbocycles. The maximum Gasteiger partial charge on any atom is 0.337 e. The summed E-state index contributed by atoms with van der Waals surface area (Å²) in [5.74, 6) is -1.21. The second-order valence-corrected chi connectivity index (χ2v) is 5.54. The van der Waals surface area contributed by atoms with Gasteiger partial charge >= 0.3 is 5.97 Å².